The molecule has 0 aliphatic heterocycles. The Labute approximate surface area is 90.3 Å². The van der Waals surface area contributed by atoms with Crippen LogP contribution in [-0.2, 0) is 13.6 Å². The summed E-state index contributed by atoms with van der Waals surface area (Å²) in [4.78, 5) is 0. The zero-order valence-corrected chi connectivity index (χ0v) is 9.20. The third kappa shape index (κ3) is 1.95. The van der Waals surface area contributed by atoms with Gasteiger partial charge in [-0.15, -0.1) is 0 Å². The van der Waals surface area contributed by atoms with Crippen molar-refractivity contribution in [2.75, 3.05) is 0 Å². The van der Waals surface area contributed by atoms with Crippen LogP contribution < -0.4 is 5.73 Å². The molecule has 2 nitrogen and oxygen atoms in total. The molecule has 2 aromatic rings. The number of nitrogens with two attached hydrogens (primary N) is 1. The van der Waals surface area contributed by atoms with Gasteiger partial charge < -0.3 is 10.3 Å². The van der Waals surface area contributed by atoms with Gasteiger partial charge >= 0.3 is 0 Å². The molecule has 2 N–H and O–H groups in total. The summed E-state index contributed by atoms with van der Waals surface area (Å²) in [5, 5.41) is 0. The standard InChI is InChI=1S/C13H16N2/c1-10-4-3-5-11(6-10)12-7-13(8-14)15(2)9-12/h3-7,9H,8,14H2,1-2H3. The fraction of sp³-hybridized carbons (Fsp3) is 0.231. The van der Waals surface area contributed by atoms with Crippen molar-refractivity contribution in [1.82, 2.24) is 4.57 Å². The summed E-state index contributed by atoms with van der Waals surface area (Å²) in [7, 11) is 2.03. The lowest BCUT2D eigenvalue weighted by molar-refractivity contribution is 0.824. The monoisotopic (exact) mass is 200 g/mol. The van der Waals surface area contributed by atoms with Gasteiger partial charge in [0.15, 0.2) is 0 Å². The summed E-state index contributed by atoms with van der Waals surface area (Å²) in [6.45, 7) is 2.69. The quantitative estimate of drug-likeness (QED) is 0.793. The van der Waals surface area contributed by atoms with E-state index < -0.39 is 0 Å². The van der Waals surface area contributed by atoms with E-state index >= 15 is 0 Å². The van der Waals surface area contributed by atoms with Crippen LogP contribution in [0.2, 0.25) is 0 Å². The first-order chi connectivity index (χ1) is 7.20. The maximum Gasteiger partial charge on any atom is 0.0334 e. The van der Waals surface area contributed by atoms with Crippen LogP contribution in [0.1, 0.15) is 11.3 Å². The van der Waals surface area contributed by atoms with Gasteiger partial charge in [0.2, 0.25) is 0 Å². The highest BCUT2D eigenvalue weighted by molar-refractivity contribution is 5.64. The normalized spacial score (nSPS) is 10.6. The first kappa shape index (κ1) is 9.99. The number of nitrogens with zero attached hydrogens (tertiary/aromatic N) is 1. The third-order valence-electron chi connectivity index (χ3n) is 2.67. The van der Waals surface area contributed by atoms with Gasteiger partial charge in [-0.2, -0.15) is 0 Å². The van der Waals surface area contributed by atoms with Crippen molar-refractivity contribution in [3.63, 3.8) is 0 Å². The number of hydrogen-bond donors (Lipinski definition) is 1. The maximum atomic E-state index is 5.65. The average molecular weight is 200 g/mol. The summed E-state index contributed by atoms with van der Waals surface area (Å²) < 4.78 is 2.08. The van der Waals surface area contributed by atoms with Gasteiger partial charge in [-0.05, 0) is 24.1 Å². The van der Waals surface area contributed by atoms with Crippen LogP contribution >= 0.6 is 0 Å². The topological polar surface area (TPSA) is 30.9 Å². The second-order valence-corrected chi connectivity index (χ2v) is 3.90. The first-order valence-electron chi connectivity index (χ1n) is 5.13. The minimum Gasteiger partial charge on any atom is -0.353 e. The molecule has 2 rings (SSSR count). The molecule has 1 aromatic heterocycles. The molecular weight excluding hydrogens is 184 g/mol. The molecule has 1 aromatic carbocycles. The van der Waals surface area contributed by atoms with Gasteiger partial charge in [0.25, 0.3) is 0 Å². The van der Waals surface area contributed by atoms with E-state index in [1.54, 1.807) is 0 Å². The largest absolute Gasteiger partial charge is 0.353 e. The maximum absolute atomic E-state index is 5.65. The lowest BCUT2D eigenvalue weighted by atomic mass is 10.1. The zero-order valence-electron chi connectivity index (χ0n) is 9.20. The van der Waals surface area contributed by atoms with Gasteiger partial charge in [0, 0.05) is 25.5 Å². The van der Waals surface area contributed by atoms with Crippen LogP contribution in [0.15, 0.2) is 36.5 Å². The number of rotatable bonds is 2. The Morgan fingerprint density at radius 1 is 1.20 bits per heavy atom. The fourth-order valence-electron chi connectivity index (χ4n) is 1.80. The van der Waals surface area contributed by atoms with E-state index in [4.69, 9.17) is 5.73 Å². The highest BCUT2D eigenvalue weighted by Gasteiger charge is 2.03. The second kappa shape index (κ2) is 3.91. The van der Waals surface area contributed by atoms with Crippen molar-refractivity contribution in [1.29, 1.82) is 0 Å². The number of aryl methyl sites for hydroxylation is 2. The Bertz CT molecular complexity index is 469. The Morgan fingerprint density at radius 3 is 2.60 bits per heavy atom. The summed E-state index contributed by atoms with van der Waals surface area (Å²) in [5.41, 5.74) is 10.6. The van der Waals surface area contributed by atoms with Crippen LogP contribution in [0, 0.1) is 6.92 Å². The number of hydrogen-bond acceptors (Lipinski definition) is 1. The lowest BCUT2D eigenvalue weighted by Gasteiger charge is -1.98. The van der Waals surface area contributed by atoms with E-state index in [1.165, 1.54) is 16.7 Å². The average Bonchev–Trinajstić information content (AvgIpc) is 2.60. The third-order valence-corrected chi connectivity index (χ3v) is 2.67. The molecular formula is C13H16N2. The number of benzene rings is 1. The SMILES string of the molecule is Cc1cccc(-c2cc(CN)n(C)c2)c1. The molecule has 0 fully saturated rings. The van der Waals surface area contributed by atoms with E-state index in [0.717, 1.165) is 5.69 Å². The van der Waals surface area contributed by atoms with E-state index in [9.17, 15) is 0 Å². The summed E-state index contributed by atoms with van der Waals surface area (Å²) in [6, 6.07) is 10.7. The van der Waals surface area contributed by atoms with Crippen LogP contribution in [0.4, 0.5) is 0 Å². The minimum atomic E-state index is 0.586. The first-order valence-corrected chi connectivity index (χ1v) is 5.13. The molecule has 78 valence electrons. The van der Waals surface area contributed by atoms with Gasteiger partial charge in [0.1, 0.15) is 0 Å². The van der Waals surface area contributed by atoms with Gasteiger partial charge in [0.05, 0.1) is 0 Å². The molecule has 0 aliphatic carbocycles. The summed E-state index contributed by atoms with van der Waals surface area (Å²) in [6.07, 6.45) is 2.12. The van der Waals surface area contributed by atoms with Crippen molar-refractivity contribution < 1.29 is 0 Å². The van der Waals surface area contributed by atoms with Crippen molar-refractivity contribution in [2.45, 2.75) is 13.5 Å². The number of aromatic nitrogens is 1. The lowest BCUT2D eigenvalue weighted by Crippen LogP contribution is -2.01. The molecule has 1 heterocycles. The van der Waals surface area contributed by atoms with Gasteiger partial charge in [-0.3, -0.25) is 0 Å². The van der Waals surface area contributed by atoms with Crippen molar-refractivity contribution in [3.8, 4) is 11.1 Å². The van der Waals surface area contributed by atoms with Crippen LogP contribution in [0.5, 0.6) is 0 Å². The van der Waals surface area contributed by atoms with E-state index in [-0.39, 0.29) is 0 Å². The smallest absolute Gasteiger partial charge is 0.0334 e. The van der Waals surface area contributed by atoms with Crippen molar-refractivity contribution in [3.05, 3.63) is 47.8 Å². The van der Waals surface area contributed by atoms with Crippen LogP contribution in [0.25, 0.3) is 11.1 Å². The molecule has 0 radical (unpaired) electrons. The molecule has 0 aliphatic rings. The van der Waals surface area contributed by atoms with Crippen molar-refractivity contribution in [2.24, 2.45) is 12.8 Å². The minimum absolute atomic E-state index is 0.586. The highest BCUT2D eigenvalue weighted by Crippen LogP contribution is 2.22. The Balaban J connectivity index is 2.45. The summed E-state index contributed by atoms with van der Waals surface area (Å²) in [5.74, 6) is 0. The van der Waals surface area contributed by atoms with Gasteiger partial charge in [-0.25, -0.2) is 0 Å². The van der Waals surface area contributed by atoms with E-state index in [2.05, 4.69) is 48.0 Å². The van der Waals surface area contributed by atoms with Crippen LogP contribution in [-0.4, -0.2) is 4.57 Å². The molecule has 0 amide bonds. The molecule has 0 saturated heterocycles. The molecule has 2 heteroatoms. The molecule has 0 spiro atoms. The Morgan fingerprint density at radius 2 is 2.00 bits per heavy atom. The molecule has 15 heavy (non-hydrogen) atoms. The Hall–Kier alpha value is -1.54. The second-order valence-electron chi connectivity index (χ2n) is 3.90. The molecule has 0 atom stereocenters. The van der Waals surface area contributed by atoms with E-state index in [0.29, 0.717) is 6.54 Å². The highest BCUT2D eigenvalue weighted by atomic mass is 14.9. The van der Waals surface area contributed by atoms with Crippen LogP contribution in [0.3, 0.4) is 0 Å². The zero-order chi connectivity index (χ0) is 10.8. The predicted octanol–water partition coefficient (Wildman–Crippen LogP) is 2.46. The predicted molar refractivity (Wildman–Crippen MR) is 63.5 cm³/mol. The fourth-order valence-corrected chi connectivity index (χ4v) is 1.80. The van der Waals surface area contributed by atoms with E-state index in [1.807, 2.05) is 7.05 Å². The Kier molecular flexibility index (Phi) is 2.60. The van der Waals surface area contributed by atoms with Crippen molar-refractivity contribution >= 4 is 0 Å². The summed E-state index contributed by atoms with van der Waals surface area (Å²) >= 11 is 0. The van der Waals surface area contributed by atoms with Gasteiger partial charge in [-0.1, -0.05) is 29.8 Å². The molecule has 0 unspecified atom stereocenters. The molecule has 0 saturated carbocycles. The molecule has 0 bridgehead atoms.